The molecule has 0 bridgehead atoms. The molecule has 0 amide bonds. The van der Waals surface area contributed by atoms with Gasteiger partial charge in [-0.3, -0.25) is 0 Å². The third-order valence-electron chi connectivity index (χ3n) is 5.00. The highest BCUT2D eigenvalue weighted by Gasteiger charge is 2.38. The van der Waals surface area contributed by atoms with Crippen LogP contribution in [-0.2, 0) is 27.2 Å². The maximum atomic E-state index is 14.2. The fourth-order valence-corrected chi connectivity index (χ4v) is 4.17. The van der Waals surface area contributed by atoms with Crippen molar-refractivity contribution in [2.45, 2.75) is 24.4 Å². The molecule has 8 heteroatoms. The van der Waals surface area contributed by atoms with Crippen LogP contribution in [0.15, 0.2) is 59.8 Å². The number of methoxy groups -OCH3 is 1. The highest BCUT2D eigenvalue weighted by atomic mass is 32.2. The van der Waals surface area contributed by atoms with Gasteiger partial charge < -0.3 is 9.30 Å². The van der Waals surface area contributed by atoms with Crippen LogP contribution in [-0.4, -0.2) is 33.0 Å². The monoisotopic (exact) mass is 437 g/mol. The summed E-state index contributed by atoms with van der Waals surface area (Å²) in [5.41, 5.74) is 0.885. The van der Waals surface area contributed by atoms with Crippen molar-refractivity contribution in [3.8, 4) is 16.8 Å². The maximum Gasteiger partial charge on any atom is 0.417 e. The van der Waals surface area contributed by atoms with Crippen molar-refractivity contribution in [1.29, 1.82) is 0 Å². The molecule has 0 fully saturated rings. The lowest BCUT2D eigenvalue weighted by atomic mass is 9.89. The molecule has 0 spiro atoms. The van der Waals surface area contributed by atoms with Crippen LogP contribution in [0.4, 0.5) is 13.2 Å². The van der Waals surface area contributed by atoms with E-state index in [-0.39, 0.29) is 29.1 Å². The first kappa shape index (κ1) is 22.1. The first-order chi connectivity index (χ1) is 14.0. The highest BCUT2D eigenvalue weighted by Crippen LogP contribution is 2.43. The number of ether oxygens (including phenoxy) is 1. The Balaban J connectivity index is 2.33. The molecule has 0 aliphatic carbocycles. The van der Waals surface area contributed by atoms with Gasteiger partial charge in [-0.1, -0.05) is 12.1 Å². The Hall–Kier alpha value is -2.58. The predicted molar refractivity (Wildman–Crippen MR) is 110 cm³/mol. The molecule has 0 saturated carbocycles. The summed E-state index contributed by atoms with van der Waals surface area (Å²) in [6.07, 6.45) is 0.106. The van der Waals surface area contributed by atoms with Crippen LogP contribution in [0.1, 0.15) is 16.7 Å². The van der Waals surface area contributed by atoms with E-state index in [9.17, 15) is 21.6 Å². The SMILES string of the molecule is COCCc1c(C)c(-n2cccc2)cc(-c2ccc(S(C)(=O)=O)cc2)c1C(F)(F)F. The Bertz CT molecular complexity index is 1130. The molecular weight excluding hydrogens is 415 g/mol. The molecule has 0 saturated heterocycles. The molecule has 0 aliphatic heterocycles. The van der Waals surface area contributed by atoms with Gasteiger partial charge in [-0.25, -0.2) is 8.42 Å². The van der Waals surface area contributed by atoms with E-state index in [2.05, 4.69) is 0 Å². The topological polar surface area (TPSA) is 48.3 Å². The third kappa shape index (κ3) is 4.44. The predicted octanol–water partition coefficient (Wildman–Crippen LogP) is 5.06. The maximum absolute atomic E-state index is 14.2. The Morgan fingerprint density at radius 1 is 1.07 bits per heavy atom. The van der Waals surface area contributed by atoms with Gasteiger partial charge in [0.2, 0.25) is 0 Å². The van der Waals surface area contributed by atoms with E-state index in [1.807, 2.05) is 0 Å². The highest BCUT2D eigenvalue weighted by molar-refractivity contribution is 7.90. The van der Waals surface area contributed by atoms with Gasteiger partial charge in [0.05, 0.1) is 17.1 Å². The standard InChI is InChI=1S/C22H22F3NO3S/c1-15-18(10-13-29-2)21(22(23,24)25)19(14-20(15)26-11-4-5-12-26)16-6-8-17(9-7-16)30(3,27)28/h4-9,11-12,14H,10,13H2,1-3H3. The number of nitrogens with zero attached hydrogens (tertiary/aromatic N) is 1. The van der Waals surface area contributed by atoms with Crippen molar-refractivity contribution < 1.29 is 26.3 Å². The second-order valence-corrected chi connectivity index (χ2v) is 9.06. The fraction of sp³-hybridized carbons (Fsp3) is 0.273. The van der Waals surface area contributed by atoms with E-state index in [4.69, 9.17) is 4.74 Å². The minimum Gasteiger partial charge on any atom is -0.384 e. The summed E-state index contributed by atoms with van der Waals surface area (Å²) in [7, 11) is -2.01. The average Bonchev–Trinajstić information content (AvgIpc) is 3.19. The molecule has 160 valence electrons. The van der Waals surface area contributed by atoms with E-state index in [0.717, 1.165) is 6.26 Å². The number of alkyl halides is 3. The summed E-state index contributed by atoms with van der Waals surface area (Å²) in [4.78, 5) is 0.0529. The van der Waals surface area contributed by atoms with Gasteiger partial charge in [0.15, 0.2) is 9.84 Å². The molecule has 1 heterocycles. The first-order valence-electron chi connectivity index (χ1n) is 9.20. The summed E-state index contributed by atoms with van der Waals surface area (Å²) in [6.45, 7) is 1.82. The number of rotatable bonds is 6. The smallest absolute Gasteiger partial charge is 0.384 e. The summed E-state index contributed by atoms with van der Waals surface area (Å²) in [5, 5.41) is 0. The molecule has 2 aromatic carbocycles. The molecule has 0 N–H and O–H groups in total. The van der Waals surface area contributed by atoms with Crippen LogP contribution in [0.3, 0.4) is 0 Å². The van der Waals surface area contributed by atoms with Crippen LogP contribution in [0.25, 0.3) is 16.8 Å². The van der Waals surface area contributed by atoms with E-state index >= 15 is 0 Å². The summed E-state index contributed by atoms with van der Waals surface area (Å²) in [6, 6.07) is 10.6. The lowest BCUT2D eigenvalue weighted by Crippen LogP contribution is -2.16. The van der Waals surface area contributed by atoms with Crippen molar-refractivity contribution >= 4 is 9.84 Å². The second kappa shape index (κ2) is 8.28. The number of aromatic nitrogens is 1. The van der Waals surface area contributed by atoms with E-state index in [1.54, 1.807) is 36.0 Å². The summed E-state index contributed by atoms with van der Waals surface area (Å²) >= 11 is 0. The van der Waals surface area contributed by atoms with Crippen LogP contribution in [0.5, 0.6) is 0 Å². The largest absolute Gasteiger partial charge is 0.417 e. The number of halogens is 3. The quantitative estimate of drug-likeness (QED) is 0.541. The minimum atomic E-state index is -4.59. The van der Waals surface area contributed by atoms with E-state index in [0.29, 0.717) is 16.8 Å². The number of hydrogen-bond donors (Lipinski definition) is 0. The van der Waals surface area contributed by atoms with Crippen LogP contribution in [0, 0.1) is 6.92 Å². The average molecular weight is 437 g/mol. The molecule has 3 aromatic rings. The Kier molecular flexibility index (Phi) is 6.10. The van der Waals surface area contributed by atoms with Gasteiger partial charge in [-0.15, -0.1) is 0 Å². The second-order valence-electron chi connectivity index (χ2n) is 7.05. The molecule has 30 heavy (non-hydrogen) atoms. The molecule has 0 unspecified atom stereocenters. The number of sulfone groups is 1. The van der Waals surface area contributed by atoms with Gasteiger partial charge >= 0.3 is 6.18 Å². The number of hydrogen-bond acceptors (Lipinski definition) is 3. The normalized spacial score (nSPS) is 12.3. The minimum absolute atomic E-state index is 0.00274. The van der Waals surface area contributed by atoms with Gasteiger partial charge in [-0.2, -0.15) is 13.2 Å². The molecule has 4 nitrogen and oxygen atoms in total. The molecule has 3 rings (SSSR count). The van der Waals surface area contributed by atoms with Crippen LogP contribution < -0.4 is 0 Å². The van der Waals surface area contributed by atoms with Crippen molar-refractivity contribution in [1.82, 2.24) is 4.57 Å². The lowest BCUT2D eigenvalue weighted by molar-refractivity contribution is -0.137. The first-order valence-corrected chi connectivity index (χ1v) is 11.1. The van der Waals surface area contributed by atoms with Crippen molar-refractivity contribution in [3.63, 3.8) is 0 Å². The zero-order chi connectivity index (χ0) is 22.1. The molecule has 0 atom stereocenters. The van der Waals surface area contributed by atoms with Gasteiger partial charge in [-0.05, 0) is 65.9 Å². The van der Waals surface area contributed by atoms with E-state index in [1.165, 1.54) is 37.4 Å². The van der Waals surface area contributed by atoms with Gasteiger partial charge in [0.1, 0.15) is 0 Å². The van der Waals surface area contributed by atoms with Crippen molar-refractivity contribution in [2.75, 3.05) is 20.0 Å². The van der Waals surface area contributed by atoms with Gasteiger partial charge in [0, 0.05) is 31.4 Å². The Morgan fingerprint density at radius 3 is 2.17 bits per heavy atom. The zero-order valence-electron chi connectivity index (χ0n) is 16.8. The molecule has 0 radical (unpaired) electrons. The lowest BCUT2D eigenvalue weighted by Gasteiger charge is -2.23. The molecular formula is C22H22F3NO3S. The van der Waals surface area contributed by atoms with Crippen LogP contribution in [0.2, 0.25) is 0 Å². The van der Waals surface area contributed by atoms with Gasteiger partial charge in [0.25, 0.3) is 0 Å². The zero-order valence-corrected chi connectivity index (χ0v) is 17.6. The molecule has 1 aromatic heterocycles. The van der Waals surface area contributed by atoms with Crippen molar-refractivity contribution in [2.24, 2.45) is 0 Å². The fourth-order valence-electron chi connectivity index (χ4n) is 3.53. The summed E-state index contributed by atoms with van der Waals surface area (Å²) in [5.74, 6) is 0. The van der Waals surface area contributed by atoms with Crippen LogP contribution >= 0.6 is 0 Å². The van der Waals surface area contributed by atoms with E-state index < -0.39 is 21.6 Å². The third-order valence-corrected chi connectivity index (χ3v) is 6.13. The van der Waals surface area contributed by atoms with Crippen molar-refractivity contribution in [3.05, 3.63) is 71.5 Å². The Morgan fingerprint density at radius 2 is 1.67 bits per heavy atom. The summed E-state index contributed by atoms with van der Waals surface area (Å²) < 4.78 is 72.9. The number of benzene rings is 2. The Labute approximate surface area is 173 Å². The molecule has 0 aliphatic rings.